The molecule has 3 fully saturated rings. The number of pyridine rings is 1. The van der Waals surface area contributed by atoms with Crippen LogP contribution in [0.1, 0.15) is 42.1 Å². The maximum atomic E-state index is 13.9. The summed E-state index contributed by atoms with van der Waals surface area (Å²) in [5.74, 6) is -0.832. The number of aliphatic carboxylic acids is 1. The van der Waals surface area contributed by atoms with E-state index in [1.807, 2.05) is 43.5 Å². The summed E-state index contributed by atoms with van der Waals surface area (Å²) in [7, 11) is 0. The Morgan fingerprint density at radius 1 is 0.949 bits per heavy atom. The molecule has 0 spiro atoms. The van der Waals surface area contributed by atoms with Crippen molar-refractivity contribution in [1.29, 1.82) is 0 Å². The lowest BCUT2D eigenvalue weighted by Gasteiger charge is -2.70. The van der Waals surface area contributed by atoms with Crippen molar-refractivity contribution in [1.82, 2.24) is 14.9 Å². The van der Waals surface area contributed by atoms with Crippen LogP contribution in [0.5, 0.6) is 0 Å². The number of nitrogens with zero attached hydrogens (tertiary/aromatic N) is 2. The van der Waals surface area contributed by atoms with E-state index in [-0.39, 0.29) is 17.4 Å². The first kappa shape index (κ1) is 23.7. The van der Waals surface area contributed by atoms with Gasteiger partial charge in [-0.3, -0.25) is 14.6 Å². The zero-order valence-electron chi connectivity index (χ0n) is 21.7. The van der Waals surface area contributed by atoms with E-state index >= 15 is 0 Å². The van der Waals surface area contributed by atoms with Gasteiger partial charge in [0.15, 0.2) is 0 Å². The highest BCUT2D eigenvalue weighted by Crippen LogP contribution is 2.74. The van der Waals surface area contributed by atoms with Crippen LogP contribution < -0.4 is 5.32 Å². The van der Waals surface area contributed by atoms with E-state index in [0.717, 1.165) is 38.5 Å². The Hall–Kier alpha value is -4.45. The summed E-state index contributed by atoms with van der Waals surface area (Å²) in [6.45, 7) is 2.63. The summed E-state index contributed by atoms with van der Waals surface area (Å²) in [5.41, 5.74) is 4.94. The van der Waals surface area contributed by atoms with Gasteiger partial charge in [0.25, 0.3) is 5.91 Å². The van der Waals surface area contributed by atoms with Gasteiger partial charge in [0.2, 0.25) is 0 Å². The fourth-order valence-electron chi connectivity index (χ4n) is 6.84. The monoisotopic (exact) mass is 515 g/mol. The molecule has 5 aromatic rings. The number of carboxylic acids is 1. The van der Waals surface area contributed by atoms with Crippen molar-refractivity contribution in [3.05, 3.63) is 102 Å². The van der Waals surface area contributed by atoms with Crippen LogP contribution in [0.15, 0.2) is 91.3 Å². The molecule has 6 heteroatoms. The van der Waals surface area contributed by atoms with Gasteiger partial charge >= 0.3 is 5.97 Å². The van der Waals surface area contributed by atoms with E-state index in [1.54, 1.807) is 6.20 Å². The van der Waals surface area contributed by atoms with Gasteiger partial charge in [0.05, 0.1) is 22.0 Å². The minimum absolute atomic E-state index is 0.100. The van der Waals surface area contributed by atoms with E-state index in [2.05, 4.69) is 63.4 Å². The summed E-state index contributed by atoms with van der Waals surface area (Å²) in [4.78, 5) is 30.0. The molecule has 2 aromatic heterocycles. The van der Waals surface area contributed by atoms with Crippen molar-refractivity contribution in [2.75, 3.05) is 0 Å². The predicted octanol–water partition coefficient (Wildman–Crippen LogP) is 6.28. The van der Waals surface area contributed by atoms with E-state index in [1.165, 1.54) is 0 Å². The summed E-state index contributed by atoms with van der Waals surface area (Å²) in [6.07, 6.45) is 5.77. The molecule has 1 atom stereocenters. The van der Waals surface area contributed by atoms with E-state index < -0.39 is 11.4 Å². The first-order valence-corrected chi connectivity index (χ1v) is 13.4. The maximum absolute atomic E-state index is 13.9. The Labute approximate surface area is 226 Å². The zero-order chi connectivity index (χ0) is 26.8. The molecule has 0 radical (unpaired) electrons. The van der Waals surface area contributed by atoms with Gasteiger partial charge in [-0.25, -0.2) is 0 Å². The topological polar surface area (TPSA) is 84.2 Å². The predicted molar refractivity (Wildman–Crippen MR) is 151 cm³/mol. The summed E-state index contributed by atoms with van der Waals surface area (Å²) in [5, 5.41) is 14.9. The van der Waals surface area contributed by atoms with Crippen molar-refractivity contribution in [3.8, 4) is 11.1 Å². The molecule has 3 saturated carbocycles. The molecule has 6 nitrogen and oxygen atoms in total. The Morgan fingerprint density at radius 3 is 2.51 bits per heavy atom. The Balaban J connectivity index is 1.25. The maximum Gasteiger partial charge on any atom is 0.309 e. The van der Waals surface area contributed by atoms with Crippen LogP contribution in [0.25, 0.3) is 32.9 Å². The van der Waals surface area contributed by atoms with Gasteiger partial charge in [-0.2, -0.15) is 0 Å². The third kappa shape index (κ3) is 3.74. The highest BCUT2D eigenvalue weighted by molar-refractivity contribution is 6.08. The molecule has 0 unspecified atom stereocenters. The van der Waals surface area contributed by atoms with Crippen molar-refractivity contribution in [3.63, 3.8) is 0 Å². The number of carboxylic acid groups (broad SMARTS) is 1. The molecule has 3 aliphatic rings. The van der Waals surface area contributed by atoms with Crippen LogP contribution in [-0.4, -0.2) is 32.6 Å². The summed E-state index contributed by atoms with van der Waals surface area (Å²) in [6, 6.07) is 26.5. The normalized spacial score (nSPS) is 22.2. The Morgan fingerprint density at radius 2 is 1.74 bits per heavy atom. The summed E-state index contributed by atoms with van der Waals surface area (Å²) >= 11 is 0. The van der Waals surface area contributed by atoms with Crippen molar-refractivity contribution in [2.45, 2.75) is 38.8 Å². The molecule has 3 aromatic carbocycles. The molecule has 3 aliphatic carbocycles. The lowest BCUT2D eigenvalue weighted by Crippen LogP contribution is -2.71. The van der Waals surface area contributed by atoms with E-state index in [4.69, 9.17) is 0 Å². The highest BCUT2D eigenvalue weighted by atomic mass is 16.4. The van der Waals surface area contributed by atoms with E-state index in [0.29, 0.717) is 31.4 Å². The third-order valence-electron chi connectivity index (χ3n) is 9.03. The minimum Gasteiger partial charge on any atom is -0.481 e. The lowest BCUT2D eigenvalue weighted by molar-refractivity contribution is -0.230. The number of amides is 1. The first-order chi connectivity index (χ1) is 18.9. The largest absolute Gasteiger partial charge is 0.481 e. The number of carbonyl (C=O) groups excluding carboxylic acids is 1. The van der Waals surface area contributed by atoms with Crippen LogP contribution in [0, 0.1) is 10.8 Å². The number of nitrogens with one attached hydrogen (secondary N) is 1. The number of hydrogen-bond acceptors (Lipinski definition) is 3. The molecule has 194 valence electrons. The molecule has 39 heavy (non-hydrogen) atoms. The Kier molecular flexibility index (Phi) is 5.17. The van der Waals surface area contributed by atoms with Crippen molar-refractivity contribution in [2.24, 2.45) is 10.8 Å². The average Bonchev–Trinajstić information content (AvgIpc) is 3.29. The van der Waals surface area contributed by atoms with Gasteiger partial charge in [0.1, 0.15) is 0 Å². The van der Waals surface area contributed by atoms with Crippen LogP contribution >= 0.6 is 0 Å². The number of fused-ring (bicyclic) bond motifs is 2. The standard InChI is InChI=1S/C33H29N3O3/c1-21(32-18-33(19-32,20-32)31(38)39)35-30(37)27-16-26(23-6-3-2-4-7-23)15-25-11-13-36(29(25)27)17-22-9-10-24-8-5-12-34-28(24)14-22/h2-16,21H,17-20H2,1H3,(H,35,37)(H,38,39)/t21-,32?,33?/m1/s1. The smallest absolute Gasteiger partial charge is 0.309 e. The van der Waals surface area contributed by atoms with Gasteiger partial charge in [-0.1, -0.05) is 48.5 Å². The van der Waals surface area contributed by atoms with Gasteiger partial charge in [0, 0.05) is 35.8 Å². The highest BCUT2D eigenvalue weighted by Gasteiger charge is 2.73. The number of aromatic nitrogens is 2. The van der Waals surface area contributed by atoms with Crippen LogP contribution in [0.3, 0.4) is 0 Å². The molecular weight excluding hydrogens is 486 g/mol. The molecular formula is C33H29N3O3. The van der Waals surface area contributed by atoms with Gasteiger partial charge in [-0.15, -0.1) is 0 Å². The third-order valence-corrected chi connectivity index (χ3v) is 9.03. The number of hydrogen-bond donors (Lipinski definition) is 2. The molecule has 2 heterocycles. The molecule has 0 saturated heterocycles. The minimum atomic E-state index is -0.707. The van der Waals surface area contributed by atoms with Crippen molar-refractivity contribution >= 4 is 33.7 Å². The fraction of sp³-hybridized carbons (Fsp3) is 0.242. The van der Waals surface area contributed by atoms with Gasteiger partial charge < -0.3 is 15.0 Å². The number of rotatable bonds is 7. The molecule has 2 N–H and O–H groups in total. The average molecular weight is 516 g/mol. The second-order valence-electron chi connectivity index (χ2n) is 11.5. The van der Waals surface area contributed by atoms with Gasteiger partial charge in [-0.05, 0) is 78.6 Å². The fourth-order valence-corrected chi connectivity index (χ4v) is 6.84. The summed E-state index contributed by atoms with van der Waals surface area (Å²) < 4.78 is 2.13. The molecule has 1 amide bonds. The first-order valence-electron chi connectivity index (χ1n) is 13.4. The van der Waals surface area contributed by atoms with Crippen LogP contribution in [0.2, 0.25) is 0 Å². The van der Waals surface area contributed by atoms with Crippen molar-refractivity contribution < 1.29 is 14.7 Å². The van der Waals surface area contributed by atoms with E-state index in [9.17, 15) is 14.7 Å². The van der Waals surface area contributed by atoms with Crippen LogP contribution in [-0.2, 0) is 11.3 Å². The number of carbonyl (C=O) groups is 2. The Bertz CT molecular complexity index is 1750. The quantitative estimate of drug-likeness (QED) is 0.267. The SMILES string of the molecule is C[C@@H](NC(=O)c1cc(-c2ccccc2)cc2ccn(Cc3ccc4cccnc4c3)c12)C12CC(C(=O)O)(C1)C2. The molecule has 8 rings (SSSR count). The number of benzene rings is 3. The van der Waals surface area contributed by atoms with Crippen LogP contribution in [0.4, 0.5) is 0 Å². The molecule has 0 aliphatic heterocycles. The second-order valence-corrected chi connectivity index (χ2v) is 11.5. The second kappa shape index (κ2) is 8.53. The zero-order valence-corrected chi connectivity index (χ0v) is 21.7. The molecule has 2 bridgehead atoms. The lowest BCUT2D eigenvalue weighted by atomic mass is 9.33.